The molecule has 104 valence electrons. The van der Waals surface area contributed by atoms with Crippen LogP contribution in [-0.4, -0.2) is 15.1 Å². The predicted molar refractivity (Wildman–Crippen MR) is 86.9 cm³/mol. The summed E-state index contributed by atoms with van der Waals surface area (Å²) in [6, 6.07) is 11.8. The molecule has 1 unspecified atom stereocenters. The number of benzene rings is 1. The van der Waals surface area contributed by atoms with Gasteiger partial charge in [0.25, 0.3) is 0 Å². The van der Waals surface area contributed by atoms with E-state index in [0.717, 1.165) is 5.54 Å². The standard InChI is InChI=1S/C8H18Si.C7H8.CH5N/c1-8-6-4-5-7-9(8,2)3;1-7-5-3-2-4-6-7;1-2/h8H,4-7H2,1-3H3;2-6H,1H3;2H2,1H3. The van der Waals surface area contributed by atoms with Gasteiger partial charge in [0.05, 0.1) is 8.07 Å². The monoisotopic (exact) mass is 265 g/mol. The Morgan fingerprint density at radius 2 is 1.61 bits per heavy atom. The second-order valence-electron chi connectivity index (χ2n) is 5.79. The number of nitrogens with two attached hydrogens (primary N) is 1. The lowest BCUT2D eigenvalue weighted by atomic mass is 10.2. The Morgan fingerprint density at radius 3 is 1.89 bits per heavy atom. The summed E-state index contributed by atoms with van der Waals surface area (Å²) in [5.41, 5.74) is 6.91. The molecule has 1 aliphatic rings. The van der Waals surface area contributed by atoms with Crippen LogP contribution in [0.2, 0.25) is 24.7 Å². The topological polar surface area (TPSA) is 26.0 Å². The lowest BCUT2D eigenvalue weighted by Gasteiger charge is -2.34. The van der Waals surface area contributed by atoms with Crippen molar-refractivity contribution in [2.45, 2.75) is 57.8 Å². The normalized spacial score (nSPS) is 20.9. The zero-order valence-electron chi connectivity index (χ0n) is 12.9. The third kappa shape index (κ3) is 6.97. The van der Waals surface area contributed by atoms with E-state index in [1.54, 1.807) is 6.04 Å². The van der Waals surface area contributed by atoms with Gasteiger partial charge in [0.2, 0.25) is 0 Å². The molecule has 0 saturated carbocycles. The van der Waals surface area contributed by atoms with Crippen LogP contribution in [0.15, 0.2) is 30.3 Å². The molecule has 2 N–H and O–H groups in total. The van der Waals surface area contributed by atoms with Crippen molar-refractivity contribution < 1.29 is 0 Å². The summed E-state index contributed by atoms with van der Waals surface area (Å²) in [6.45, 7) is 9.61. The second-order valence-corrected chi connectivity index (χ2v) is 11.3. The van der Waals surface area contributed by atoms with Gasteiger partial charge >= 0.3 is 0 Å². The zero-order valence-corrected chi connectivity index (χ0v) is 13.9. The van der Waals surface area contributed by atoms with E-state index in [4.69, 9.17) is 0 Å². The Hall–Kier alpha value is -0.603. The molecule has 0 amide bonds. The first kappa shape index (κ1) is 17.4. The molecule has 1 nitrogen and oxygen atoms in total. The van der Waals surface area contributed by atoms with Gasteiger partial charge in [-0.05, 0) is 19.5 Å². The van der Waals surface area contributed by atoms with E-state index < -0.39 is 8.07 Å². The Morgan fingerprint density at radius 1 is 1.06 bits per heavy atom. The summed E-state index contributed by atoms with van der Waals surface area (Å²) in [7, 11) is 0.806. The molecule has 18 heavy (non-hydrogen) atoms. The molecule has 0 spiro atoms. The molecule has 2 rings (SSSR count). The Bertz CT molecular complexity index is 295. The highest BCUT2D eigenvalue weighted by molar-refractivity contribution is 6.78. The van der Waals surface area contributed by atoms with Gasteiger partial charge in [-0.2, -0.15) is 0 Å². The zero-order chi connectivity index (χ0) is 14.0. The highest BCUT2D eigenvalue weighted by atomic mass is 28.3. The Balaban J connectivity index is 0.000000289. The van der Waals surface area contributed by atoms with Gasteiger partial charge in [-0.25, -0.2) is 0 Å². The maximum Gasteiger partial charge on any atom is 0.0502 e. The highest BCUT2D eigenvalue weighted by Crippen LogP contribution is 2.36. The predicted octanol–water partition coefficient (Wildman–Crippen LogP) is 4.84. The number of aryl methyl sites for hydroxylation is 1. The lowest BCUT2D eigenvalue weighted by molar-refractivity contribution is 0.635. The van der Waals surface area contributed by atoms with E-state index in [1.165, 1.54) is 31.9 Å². The van der Waals surface area contributed by atoms with Crippen molar-refractivity contribution in [1.82, 2.24) is 0 Å². The molecule has 1 saturated heterocycles. The van der Waals surface area contributed by atoms with Crippen molar-refractivity contribution in [3.8, 4) is 0 Å². The van der Waals surface area contributed by atoms with E-state index in [-0.39, 0.29) is 0 Å². The van der Waals surface area contributed by atoms with E-state index in [2.05, 4.69) is 44.8 Å². The van der Waals surface area contributed by atoms with Crippen molar-refractivity contribution >= 4 is 8.07 Å². The van der Waals surface area contributed by atoms with Crippen LogP contribution in [0.3, 0.4) is 0 Å². The van der Waals surface area contributed by atoms with Crippen LogP contribution in [0.5, 0.6) is 0 Å². The van der Waals surface area contributed by atoms with Crippen molar-refractivity contribution in [1.29, 1.82) is 0 Å². The molecule has 0 bridgehead atoms. The van der Waals surface area contributed by atoms with Gasteiger partial charge in [-0.3, -0.25) is 0 Å². The molecule has 0 aliphatic carbocycles. The van der Waals surface area contributed by atoms with Crippen LogP contribution in [0.1, 0.15) is 31.7 Å². The minimum absolute atomic E-state index is 0.694. The summed E-state index contributed by atoms with van der Waals surface area (Å²) in [5.74, 6) is 0. The molecule has 1 aromatic carbocycles. The smallest absolute Gasteiger partial charge is 0.0502 e. The molecule has 0 aromatic heterocycles. The first-order chi connectivity index (χ1) is 8.52. The maximum atomic E-state index is 4.50. The fourth-order valence-electron chi connectivity index (χ4n) is 2.20. The summed E-state index contributed by atoms with van der Waals surface area (Å²) in [6.07, 6.45) is 4.53. The first-order valence-electron chi connectivity index (χ1n) is 7.12. The molecule has 1 aromatic rings. The van der Waals surface area contributed by atoms with Gasteiger partial charge < -0.3 is 5.73 Å². The fourth-order valence-corrected chi connectivity index (χ4v) is 4.84. The summed E-state index contributed by atoms with van der Waals surface area (Å²) in [4.78, 5) is 0. The van der Waals surface area contributed by atoms with Crippen LogP contribution >= 0.6 is 0 Å². The lowest BCUT2D eigenvalue weighted by Crippen LogP contribution is -2.33. The summed E-state index contributed by atoms with van der Waals surface area (Å²) in [5, 5.41) is 0. The third-order valence-electron chi connectivity index (χ3n) is 3.98. The van der Waals surface area contributed by atoms with Crippen LogP contribution in [0.4, 0.5) is 0 Å². The van der Waals surface area contributed by atoms with Gasteiger partial charge in [0.15, 0.2) is 0 Å². The first-order valence-corrected chi connectivity index (χ1v) is 10.4. The van der Waals surface area contributed by atoms with E-state index in [1.807, 2.05) is 18.2 Å². The van der Waals surface area contributed by atoms with Crippen molar-refractivity contribution in [2.75, 3.05) is 7.05 Å². The van der Waals surface area contributed by atoms with Crippen LogP contribution < -0.4 is 5.73 Å². The SMILES string of the molecule is CC1CCCC[Si]1(C)C.CN.Cc1ccccc1. The van der Waals surface area contributed by atoms with Gasteiger partial charge in [0.1, 0.15) is 0 Å². The summed E-state index contributed by atoms with van der Waals surface area (Å²) >= 11 is 0. The van der Waals surface area contributed by atoms with Crippen molar-refractivity contribution in [2.24, 2.45) is 5.73 Å². The number of rotatable bonds is 0. The quantitative estimate of drug-likeness (QED) is 0.667. The molecule has 1 atom stereocenters. The molecule has 1 fully saturated rings. The van der Waals surface area contributed by atoms with Gasteiger partial charge in [-0.15, -0.1) is 0 Å². The minimum Gasteiger partial charge on any atom is -0.333 e. The number of hydrogen-bond acceptors (Lipinski definition) is 1. The van der Waals surface area contributed by atoms with Crippen LogP contribution in [0, 0.1) is 6.92 Å². The molecule has 1 heterocycles. The van der Waals surface area contributed by atoms with E-state index >= 15 is 0 Å². The Labute approximate surface area is 115 Å². The average Bonchev–Trinajstić information content (AvgIpc) is 2.37. The third-order valence-corrected chi connectivity index (χ3v) is 8.58. The van der Waals surface area contributed by atoms with Crippen molar-refractivity contribution in [3.63, 3.8) is 0 Å². The highest BCUT2D eigenvalue weighted by Gasteiger charge is 2.30. The van der Waals surface area contributed by atoms with Gasteiger partial charge in [-0.1, -0.05) is 81.2 Å². The van der Waals surface area contributed by atoms with Crippen molar-refractivity contribution in [3.05, 3.63) is 35.9 Å². The largest absolute Gasteiger partial charge is 0.333 e. The molecular weight excluding hydrogens is 234 g/mol. The molecular formula is C16H31NSi. The maximum absolute atomic E-state index is 4.50. The molecule has 2 heteroatoms. The Kier molecular flexibility index (Phi) is 9.03. The van der Waals surface area contributed by atoms with Gasteiger partial charge in [0, 0.05) is 0 Å². The van der Waals surface area contributed by atoms with E-state index in [9.17, 15) is 0 Å². The number of hydrogen-bond donors (Lipinski definition) is 1. The fraction of sp³-hybridized carbons (Fsp3) is 0.625. The van der Waals surface area contributed by atoms with E-state index in [0.29, 0.717) is 0 Å². The summed E-state index contributed by atoms with van der Waals surface area (Å²) < 4.78 is 0. The minimum atomic E-state index is -0.694. The average molecular weight is 266 g/mol. The van der Waals surface area contributed by atoms with Crippen LogP contribution in [0.25, 0.3) is 0 Å². The second kappa shape index (κ2) is 9.34. The molecule has 1 aliphatic heterocycles. The van der Waals surface area contributed by atoms with Crippen LogP contribution in [-0.2, 0) is 0 Å². The molecule has 0 radical (unpaired) electrons.